The number of amides is 1. The Hall–Kier alpha value is -3.22. The van der Waals surface area contributed by atoms with E-state index in [1.807, 2.05) is 55.9 Å². The van der Waals surface area contributed by atoms with E-state index in [-0.39, 0.29) is 55.2 Å². The summed E-state index contributed by atoms with van der Waals surface area (Å²) in [6.45, 7) is 7.50. The number of thiazole rings is 2. The number of aliphatic hydroxyl groups excluding tert-OH is 1. The maximum Gasteiger partial charge on any atom is 0.407 e. The van der Waals surface area contributed by atoms with Gasteiger partial charge in [0.05, 0.1) is 51.9 Å². The molecule has 0 spiro atoms. The number of sulfonamides is 1. The van der Waals surface area contributed by atoms with Gasteiger partial charge in [-0.3, -0.25) is 9.88 Å². The molecule has 0 aliphatic carbocycles. The third-order valence-electron chi connectivity index (χ3n) is 10.0. The number of piperidine rings is 1. The van der Waals surface area contributed by atoms with Gasteiger partial charge in [0.25, 0.3) is 0 Å². The van der Waals surface area contributed by atoms with Crippen molar-refractivity contribution < 1.29 is 32.5 Å². The molecule has 16 heteroatoms. The first-order valence-electron chi connectivity index (χ1n) is 18.3. The summed E-state index contributed by atoms with van der Waals surface area (Å²) in [6, 6.07) is 13.9. The van der Waals surface area contributed by atoms with E-state index in [0.29, 0.717) is 6.61 Å². The minimum absolute atomic E-state index is 0.0252. The van der Waals surface area contributed by atoms with E-state index in [2.05, 4.69) is 20.5 Å². The Balaban J connectivity index is 1.03. The first-order chi connectivity index (χ1) is 25.6. The molecule has 2 aromatic carbocycles. The zero-order valence-electron chi connectivity index (χ0n) is 30.0. The minimum Gasteiger partial charge on any atom is -0.443 e. The molecule has 0 bridgehead atoms. The van der Waals surface area contributed by atoms with Crippen LogP contribution < -0.4 is 10.6 Å². The molecular weight excluding hydrogens is 737 g/mol. The number of aliphatic hydroxyl groups is 1. The number of rotatable bonds is 15. The van der Waals surface area contributed by atoms with Crippen LogP contribution in [0.5, 0.6) is 0 Å². The lowest BCUT2D eigenvalue weighted by molar-refractivity contribution is -0.0907. The average molecular weight is 785 g/mol. The fourth-order valence-corrected chi connectivity index (χ4v) is 10.6. The van der Waals surface area contributed by atoms with Crippen LogP contribution in [0.2, 0.25) is 0 Å². The molecular formula is C37H48N6O7S3. The molecule has 3 aliphatic heterocycles. The first-order valence-corrected chi connectivity index (χ1v) is 21.4. The summed E-state index contributed by atoms with van der Waals surface area (Å²) in [5.74, 6) is -0.0617. The van der Waals surface area contributed by atoms with Crippen molar-refractivity contribution in [3.8, 4) is 0 Å². The Morgan fingerprint density at radius 2 is 1.92 bits per heavy atom. The number of ether oxygens (including phenoxy) is 3. The van der Waals surface area contributed by atoms with E-state index >= 15 is 0 Å². The molecule has 5 atom stereocenters. The second-order valence-corrected chi connectivity index (χ2v) is 18.4. The number of hydrogen-bond donors (Lipinski definition) is 3. The summed E-state index contributed by atoms with van der Waals surface area (Å²) in [4.78, 5) is 26.0. The van der Waals surface area contributed by atoms with E-state index in [9.17, 15) is 18.3 Å². The molecule has 5 heterocycles. The van der Waals surface area contributed by atoms with Crippen molar-refractivity contribution in [2.24, 2.45) is 11.8 Å². The molecule has 4 aromatic rings. The highest BCUT2D eigenvalue weighted by molar-refractivity contribution is 7.89. The fraction of sp³-hybridized carbons (Fsp3) is 0.541. The Labute approximate surface area is 318 Å². The predicted octanol–water partition coefficient (Wildman–Crippen LogP) is 4.94. The van der Waals surface area contributed by atoms with Gasteiger partial charge in [0.2, 0.25) is 10.0 Å². The van der Waals surface area contributed by atoms with Crippen LogP contribution in [-0.2, 0) is 37.2 Å². The summed E-state index contributed by atoms with van der Waals surface area (Å²) in [5, 5.41) is 18.9. The number of hydrogen-bond acceptors (Lipinski definition) is 13. The average Bonchev–Trinajstić information content (AvgIpc) is 3.96. The number of fused-ring (bicyclic) bond motifs is 2. The van der Waals surface area contributed by atoms with Crippen LogP contribution in [0.3, 0.4) is 0 Å². The summed E-state index contributed by atoms with van der Waals surface area (Å²) in [7, 11) is -4.04. The standard InChI is InChI=1S/C37H48N6O7S3/c1-24(2)19-43(21-32(44)31(16-25-6-4-3-5-7-25)41-37(45)50-33-22-49-35-29(33)12-15-48-35)53(46,47)28-8-9-30-34(17-28)52-36(40-30)39-26-10-13-42(14-11-26)20-27-18-38-23-51-27/h3-9,17-18,23-24,26,29,31-33,35,44H,10-16,19-22H2,1-2H3,(H,39,40)(H,41,45)/t29-,31-,32+,33-,35+/m0/s1. The zero-order chi connectivity index (χ0) is 37.0. The van der Waals surface area contributed by atoms with Crippen molar-refractivity contribution >= 4 is 54.1 Å². The molecule has 0 unspecified atom stereocenters. The highest BCUT2D eigenvalue weighted by Crippen LogP contribution is 2.34. The lowest BCUT2D eigenvalue weighted by Crippen LogP contribution is -2.51. The summed E-state index contributed by atoms with van der Waals surface area (Å²) in [5.41, 5.74) is 3.47. The van der Waals surface area contributed by atoms with Gasteiger partial charge in [-0.25, -0.2) is 18.2 Å². The van der Waals surface area contributed by atoms with Gasteiger partial charge in [-0.1, -0.05) is 55.5 Å². The lowest BCUT2D eigenvalue weighted by atomic mass is 10.0. The third-order valence-corrected chi connectivity index (χ3v) is 13.6. The van der Waals surface area contributed by atoms with Crippen molar-refractivity contribution in [2.75, 3.05) is 44.7 Å². The van der Waals surface area contributed by atoms with Crippen LogP contribution in [0.4, 0.5) is 9.93 Å². The van der Waals surface area contributed by atoms with Gasteiger partial charge in [0, 0.05) is 49.8 Å². The van der Waals surface area contributed by atoms with E-state index in [1.54, 1.807) is 29.5 Å². The highest BCUT2D eigenvalue weighted by Gasteiger charge is 2.44. The second kappa shape index (κ2) is 17.1. The number of benzene rings is 2. The van der Waals surface area contributed by atoms with Gasteiger partial charge in [0.1, 0.15) is 6.10 Å². The molecule has 0 radical (unpaired) electrons. The monoisotopic (exact) mass is 784 g/mol. The topological polar surface area (TPSA) is 155 Å². The summed E-state index contributed by atoms with van der Waals surface area (Å²) in [6.07, 6.45) is 2.16. The van der Waals surface area contributed by atoms with Gasteiger partial charge in [-0.15, -0.1) is 11.3 Å². The smallest absolute Gasteiger partial charge is 0.407 e. The first kappa shape index (κ1) is 38.1. The molecule has 3 fully saturated rings. The molecule has 3 saturated heterocycles. The SMILES string of the molecule is CC(C)CN(C[C@@H](O)[C@H](Cc1ccccc1)NC(=O)O[C@H]1CO[C@H]2OCC[C@H]21)S(=O)(=O)c1ccc2nc(NC3CCN(Cc4cncs4)CC3)sc2c1. The Kier molecular flexibility index (Phi) is 12.3. The van der Waals surface area contributed by atoms with Crippen LogP contribution in [-0.4, -0.2) is 109 Å². The highest BCUT2D eigenvalue weighted by atomic mass is 32.2. The number of aromatic nitrogens is 2. The zero-order valence-corrected chi connectivity index (χ0v) is 32.5. The van der Waals surface area contributed by atoms with E-state index in [1.165, 1.54) is 20.5 Å². The fourth-order valence-electron chi connectivity index (χ4n) is 7.26. The molecule has 286 valence electrons. The number of carbonyl (C=O) groups excluding carboxylic acids is 1. The molecule has 0 saturated carbocycles. The van der Waals surface area contributed by atoms with Crippen molar-refractivity contribution in [1.82, 2.24) is 24.5 Å². The van der Waals surface area contributed by atoms with Crippen LogP contribution >= 0.6 is 22.7 Å². The Bertz CT molecular complexity index is 1900. The van der Waals surface area contributed by atoms with E-state index in [4.69, 9.17) is 19.2 Å². The number of carbonyl (C=O) groups is 1. The molecule has 13 nitrogen and oxygen atoms in total. The van der Waals surface area contributed by atoms with Crippen LogP contribution in [0.1, 0.15) is 43.6 Å². The van der Waals surface area contributed by atoms with Crippen molar-refractivity contribution in [2.45, 2.75) is 81.6 Å². The molecule has 1 amide bonds. The number of nitrogens with zero attached hydrogens (tertiary/aromatic N) is 4. The van der Waals surface area contributed by atoms with Crippen LogP contribution in [0.25, 0.3) is 10.2 Å². The largest absolute Gasteiger partial charge is 0.443 e. The van der Waals surface area contributed by atoms with Gasteiger partial charge in [-0.2, -0.15) is 4.31 Å². The maximum atomic E-state index is 14.3. The molecule has 53 heavy (non-hydrogen) atoms. The number of anilines is 1. The van der Waals surface area contributed by atoms with Gasteiger partial charge in [0.15, 0.2) is 11.4 Å². The van der Waals surface area contributed by atoms with Gasteiger partial charge < -0.3 is 30.0 Å². The molecule has 7 rings (SSSR count). The van der Waals surface area contributed by atoms with Crippen molar-refractivity contribution in [1.29, 1.82) is 0 Å². The minimum atomic E-state index is -4.04. The van der Waals surface area contributed by atoms with E-state index < -0.39 is 34.4 Å². The summed E-state index contributed by atoms with van der Waals surface area (Å²) < 4.78 is 47.6. The van der Waals surface area contributed by atoms with Gasteiger partial charge >= 0.3 is 6.09 Å². The quantitative estimate of drug-likeness (QED) is 0.150. The second-order valence-electron chi connectivity index (χ2n) is 14.5. The van der Waals surface area contributed by atoms with Crippen molar-refractivity contribution in [3.63, 3.8) is 0 Å². The van der Waals surface area contributed by atoms with Crippen LogP contribution in [0, 0.1) is 11.8 Å². The Morgan fingerprint density at radius 1 is 1.11 bits per heavy atom. The number of likely N-dealkylation sites (tertiary alicyclic amines) is 1. The summed E-state index contributed by atoms with van der Waals surface area (Å²) >= 11 is 3.12. The number of alkyl carbamates (subject to hydrolysis) is 1. The van der Waals surface area contributed by atoms with Gasteiger partial charge in [-0.05, 0) is 55.4 Å². The molecule has 3 N–H and O–H groups in total. The molecule has 3 aliphatic rings. The third kappa shape index (κ3) is 9.54. The normalized spacial score (nSPS) is 22.3. The molecule has 2 aromatic heterocycles. The van der Waals surface area contributed by atoms with E-state index in [0.717, 1.165) is 59.8 Å². The van der Waals surface area contributed by atoms with Crippen molar-refractivity contribution in [3.05, 3.63) is 70.7 Å². The Morgan fingerprint density at radius 3 is 2.68 bits per heavy atom. The van der Waals surface area contributed by atoms with Crippen LogP contribution in [0.15, 0.2) is 65.1 Å². The lowest BCUT2D eigenvalue weighted by Gasteiger charge is -2.31. The predicted molar refractivity (Wildman–Crippen MR) is 204 cm³/mol. The number of nitrogens with one attached hydrogen (secondary N) is 2. The maximum absolute atomic E-state index is 14.3.